The topological polar surface area (TPSA) is 91.8 Å². The van der Waals surface area contributed by atoms with Gasteiger partial charge in [-0.05, 0) is 32.0 Å². The first-order valence-electron chi connectivity index (χ1n) is 10.0. The highest BCUT2D eigenvalue weighted by Crippen LogP contribution is 2.26. The van der Waals surface area contributed by atoms with E-state index in [2.05, 4.69) is 15.6 Å². The molecule has 1 aromatic carbocycles. The van der Waals surface area contributed by atoms with Gasteiger partial charge >= 0.3 is 0 Å². The van der Waals surface area contributed by atoms with E-state index >= 15 is 0 Å². The third kappa shape index (κ3) is 6.28. The van der Waals surface area contributed by atoms with Crippen molar-refractivity contribution in [3.05, 3.63) is 30.3 Å². The predicted molar refractivity (Wildman–Crippen MR) is 115 cm³/mol. The Morgan fingerprint density at radius 1 is 1.24 bits per heavy atom. The second kappa shape index (κ2) is 10.4. The first-order chi connectivity index (χ1) is 14.0. The minimum Gasteiger partial charge on any atom is -0.491 e. The van der Waals surface area contributed by atoms with E-state index in [0.717, 1.165) is 43.1 Å². The molecule has 1 fully saturated rings. The summed E-state index contributed by atoms with van der Waals surface area (Å²) in [4.78, 5) is 11.2. The predicted octanol–water partition coefficient (Wildman–Crippen LogP) is 1.76. The van der Waals surface area contributed by atoms with E-state index in [9.17, 15) is 5.11 Å². The van der Waals surface area contributed by atoms with Crippen LogP contribution in [0.25, 0.3) is 11.3 Å². The number of ether oxygens (including phenoxy) is 2. The minimum absolute atomic E-state index is 0.230. The van der Waals surface area contributed by atoms with Crippen LogP contribution in [0, 0.1) is 0 Å². The average molecular weight is 402 g/mol. The largest absolute Gasteiger partial charge is 0.491 e. The van der Waals surface area contributed by atoms with Crippen LogP contribution in [0.5, 0.6) is 5.75 Å². The molecule has 0 spiro atoms. The molecular formula is C21H31N5O3. The number of hydrogen-bond acceptors (Lipinski definition) is 8. The number of nitrogens with one attached hydrogen (secondary N) is 2. The highest BCUT2D eigenvalue weighted by molar-refractivity contribution is 5.66. The summed E-state index contributed by atoms with van der Waals surface area (Å²) in [5.41, 5.74) is 1.76. The van der Waals surface area contributed by atoms with E-state index in [4.69, 9.17) is 14.5 Å². The fourth-order valence-electron chi connectivity index (χ4n) is 3.14. The standard InChI is InChI=1S/C21H31N5O3/c1-22-13-17(27)14-29-18-6-4-5-15(11-18)19-12-20(25-21(24-19)26(2)3)23-16-7-9-28-10-8-16/h4-6,11-12,16-17,22,27H,7-10,13-14H2,1-3H3,(H,23,24,25). The highest BCUT2D eigenvalue weighted by atomic mass is 16.5. The number of aliphatic hydroxyl groups is 1. The van der Waals surface area contributed by atoms with Crippen LogP contribution in [-0.4, -0.2) is 74.7 Å². The quantitative estimate of drug-likeness (QED) is 0.586. The molecule has 8 nitrogen and oxygen atoms in total. The van der Waals surface area contributed by atoms with Crippen molar-refractivity contribution in [1.82, 2.24) is 15.3 Å². The van der Waals surface area contributed by atoms with Crippen LogP contribution in [-0.2, 0) is 4.74 Å². The monoisotopic (exact) mass is 401 g/mol. The van der Waals surface area contributed by atoms with E-state index in [1.165, 1.54) is 0 Å². The molecule has 1 aliphatic rings. The van der Waals surface area contributed by atoms with Crippen LogP contribution in [0.4, 0.5) is 11.8 Å². The molecule has 0 radical (unpaired) electrons. The van der Waals surface area contributed by atoms with Gasteiger partial charge in [-0.1, -0.05) is 12.1 Å². The second-order valence-electron chi connectivity index (χ2n) is 7.41. The normalized spacial score (nSPS) is 15.7. The number of rotatable bonds is 9. The maximum absolute atomic E-state index is 9.86. The molecule has 3 rings (SSSR count). The zero-order valence-corrected chi connectivity index (χ0v) is 17.4. The Kier molecular flexibility index (Phi) is 7.62. The first kappa shape index (κ1) is 21.3. The molecule has 1 atom stereocenters. The summed E-state index contributed by atoms with van der Waals surface area (Å²) < 4.78 is 11.2. The number of hydrogen-bond donors (Lipinski definition) is 3. The van der Waals surface area contributed by atoms with Crippen molar-refractivity contribution in [2.75, 3.05) is 57.7 Å². The van der Waals surface area contributed by atoms with Gasteiger partial charge in [0.1, 0.15) is 24.3 Å². The lowest BCUT2D eigenvalue weighted by atomic mass is 10.1. The van der Waals surface area contributed by atoms with Gasteiger partial charge < -0.3 is 30.1 Å². The minimum atomic E-state index is -0.557. The van der Waals surface area contributed by atoms with Gasteiger partial charge in [-0.25, -0.2) is 4.98 Å². The Balaban J connectivity index is 1.80. The molecule has 0 aliphatic carbocycles. The molecule has 0 saturated carbocycles. The average Bonchev–Trinajstić information content (AvgIpc) is 2.73. The van der Waals surface area contributed by atoms with Crippen molar-refractivity contribution in [1.29, 1.82) is 0 Å². The summed E-state index contributed by atoms with van der Waals surface area (Å²) in [5, 5.41) is 16.3. The zero-order valence-electron chi connectivity index (χ0n) is 17.4. The fraction of sp³-hybridized carbons (Fsp3) is 0.524. The lowest BCUT2D eigenvalue weighted by Gasteiger charge is -2.24. The van der Waals surface area contributed by atoms with Gasteiger partial charge in [-0.15, -0.1) is 0 Å². The Bertz CT molecular complexity index is 781. The van der Waals surface area contributed by atoms with Crippen molar-refractivity contribution in [3.63, 3.8) is 0 Å². The van der Waals surface area contributed by atoms with Crippen LogP contribution in [0.1, 0.15) is 12.8 Å². The molecule has 1 aliphatic heterocycles. The molecule has 1 unspecified atom stereocenters. The zero-order chi connectivity index (χ0) is 20.6. The highest BCUT2D eigenvalue weighted by Gasteiger charge is 2.16. The maximum atomic E-state index is 9.86. The van der Waals surface area contributed by atoms with Gasteiger partial charge in [0.15, 0.2) is 0 Å². The van der Waals surface area contributed by atoms with Gasteiger partial charge in [0.05, 0.1) is 5.69 Å². The van der Waals surface area contributed by atoms with Crippen molar-refractivity contribution >= 4 is 11.8 Å². The van der Waals surface area contributed by atoms with E-state index in [1.807, 2.05) is 49.3 Å². The summed E-state index contributed by atoms with van der Waals surface area (Å²) >= 11 is 0. The number of nitrogens with zero attached hydrogens (tertiary/aromatic N) is 3. The van der Waals surface area contributed by atoms with Gasteiger partial charge in [0, 0.05) is 51.5 Å². The van der Waals surface area contributed by atoms with Crippen LogP contribution in [0.3, 0.4) is 0 Å². The van der Waals surface area contributed by atoms with Crippen LogP contribution < -0.4 is 20.3 Å². The summed E-state index contributed by atoms with van der Waals surface area (Å²) in [5.74, 6) is 2.15. The van der Waals surface area contributed by atoms with Crippen molar-refractivity contribution < 1.29 is 14.6 Å². The molecule has 2 aromatic rings. The van der Waals surface area contributed by atoms with E-state index < -0.39 is 6.10 Å². The van der Waals surface area contributed by atoms with E-state index in [1.54, 1.807) is 7.05 Å². The molecule has 29 heavy (non-hydrogen) atoms. The first-order valence-corrected chi connectivity index (χ1v) is 10.0. The van der Waals surface area contributed by atoms with Gasteiger partial charge in [0.2, 0.25) is 5.95 Å². The number of likely N-dealkylation sites (N-methyl/N-ethyl adjacent to an activating group) is 1. The molecule has 3 N–H and O–H groups in total. The van der Waals surface area contributed by atoms with Crippen LogP contribution in [0.15, 0.2) is 30.3 Å². The van der Waals surface area contributed by atoms with Gasteiger partial charge in [0.25, 0.3) is 0 Å². The second-order valence-corrected chi connectivity index (χ2v) is 7.41. The molecule has 158 valence electrons. The molecular weight excluding hydrogens is 370 g/mol. The molecule has 0 bridgehead atoms. The summed E-state index contributed by atoms with van der Waals surface area (Å²) in [6.07, 6.45) is 1.38. The molecule has 2 heterocycles. The Morgan fingerprint density at radius 3 is 2.76 bits per heavy atom. The lowest BCUT2D eigenvalue weighted by molar-refractivity contribution is 0.0904. The Hall–Kier alpha value is -2.42. The van der Waals surface area contributed by atoms with Crippen molar-refractivity contribution in [2.24, 2.45) is 0 Å². The van der Waals surface area contributed by atoms with Gasteiger partial charge in [-0.2, -0.15) is 4.98 Å². The van der Waals surface area contributed by atoms with Crippen molar-refractivity contribution in [2.45, 2.75) is 25.0 Å². The van der Waals surface area contributed by atoms with E-state index in [-0.39, 0.29) is 6.61 Å². The van der Waals surface area contributed by atoms with E-state index in [0.29, 0.717) is 24.3 Å². The smallest absolute Gasteiger partial charge is 0.227 e. The molecule has 1 aromatic heterocycles. The fourth-order valence-corrected chi connectivity index (χ4v) is 3.14. The third-order valence-electron chi connectivity index (χ3n) is 4.70. The summed E-state index contributed by atoms with van der Waals surface area (Å²) in [7, 11) is 5.66. The summed E-state index contributed by atoms with van der Waals surface area (Å²) in [6.45, 7) is 2.26. The molecule has 0 amide bonds. The lowest BCUT2D eigenvalue weighted by Crippen LogP contribution is -2.29. The number of anilines is 2. The third-order valence-corrected chi connectivity index (χ3v) is 4.70. The number of benzene rings is 1. The van der Waals surface area contributed by atoms with Crippen LogP contribution >= 0.6 is 0 Å². The Labute approximate surface area is 172 Å². The number of aliphatic hydroxyl groups excluding tert-OH is 1. The Morgan fingerprint density at radius 2 is 2.03 bits per heavy atom. The SMILES string of the molecule is CNCC(O)COc1cccc(-c2cc(NC3CCOCC3)nc(N(C)C)n2)c1. The number of aromatic nitrogens is 2. The maximum Gasteiger partial charge on any atom is 0.227 e. The molecule has 8 heteroatoms. The summed E-state index contributed by atoms with van der Waals surface area (Å²) in [6, 6.07) is 10.1. The van der Waals surface area contributed by atoms with Crippen molar-refractivity contribution in [3.8, 4) is 17.0 Å². The molecule has 1 saturated heterocycles. The van der Waals surface area contributed by atoms with Crippen LogP contribution in [0.2, 0.25) is 0 Å². The van der Waals surface area contributed by atoms with Gasteiger partial charge in [-0.3, -0.25) is 0 Å².